The monoisotopic (exact) mass is 343 g/mol. The Hall–Kier alpha value is -1.61. The van der Waals surface area contributed by atoms with Crippen molar-refractivity contribution >= 4 is 21.5 Å². The van der Waals surface area contributed by atoms with Crippen molar-refractivity contribution in [1.82, 2.24) is 0 Å². The largest absolute Gasteiger partial charge is 0.618 e. The molecule has 0 unspecified atom stereocenters. The minimum absolute atomic E-state index is 0.0476. The fourth-order valence-corrected chi connectivity index (χ4v) is 3.39. The Labute approximate surface area is 133 Å². The number of pyridine rings is 1. The molecular weight excluding hydrogens is 326 g/mol. The van der Waals surface area contributed by atoms with E-state index in [1.165, 1.54) is 5.57 Å². The molecule has 2 aliphatic rings. The molecule has 0 saturated heterocycles. The molecule has 108 valence electrons. The highest BCUT2D eigenvalue weighted by molar-refractivity contribution is 9.11. The molecule has 0 saturated carbocycles. The molecule has 3 rings (SSSR count). The van der Waals surface area contributed by atoms with Crippen molar-refractivity contribution in [2.45, 2.75) is 26.7 Å². The van der Waals surface area contributed by atoms with Gasteiger partial charge >= 0.3 is 0 Å². The first kappa shape index (κ1) is 14.3. The van der Waals surface area contributed by atoms with E-state index in [1.54, 1.807) is 12.3 Å². The maximum atomic E-state index is 12.2. The van der Waals surface area contributed by atoms with Crippen molar-refractivity contribution in [3.8, 4) is 0 Å². The number of hydrogen-bond donors (Lipinski definition) is 0. The van der Waals surface area contributed by atoms with Crippen molar-refractivity contribution in [2.75, 3.05) is 0 Å². The maximum Gasteiger partial charge on any atom is 0.224 e. The van der Waals surface area contributed by atoms with E-state index in [0.717, 1.165) is 33.2 Å². The lowest BCUT2D eigenvalue weighted by Crippen LogP contribution is -2.31. The molecule has 0 bridgehead atoms. The van der Waals surface area contributed by atoms with E-state index >= 15 is 0 Å². The summed E-state index contributed by atoms with van der Waals surface area (Å²) in [6, 6.07) is 5.57. The molecule has 0 amide bonds. The van der Waals surface area contributed by atoms with Gasteiger partial charge < -0.3 is 5.21 Å². The van der Waals surface area contributed by atoms with Crippen molar-refractivity contribution in [1.29, 1.82) is 0 Å². The van der Waals surface area contributed by atoms with Gasteiger partial charge in [-0.05, 0) is 46.0 Å². The summed E-state index contributed by atoms with van der Waals surface area (Å²) in [7, 11) is 0. The first-order valence-corrected chi connectivity index (χ1v) is 7.93. The van der Waals surface area contributed by atoms with E-state index in [0.29, 0.717) is 5.69 Å². The highest BCUT2D eigenvalue weighted by Gasteiger charge is 2.29. The Balaban J connectivity index is 2.22. The van der Waals surface area contributed by atoms with Gasteiger partial charge in [-0.25, -0.2) is 0 Å². The first-order chi connectivity index (χ1) is 9.96. The van der Waals surface area contributed by atoms with Crippen LogP contribution in [-0.2, 0) is 0 Å². The molecule has 0 N–H and O–H groups in total. The summed E-state index contributed by atoms with van der Waals surface area (Å²) in [5.74, 6) is 0. The van der Waals surface area contributed by atoms with Crippen molar-refractivity contribution in [3.63, 3.8) is 0 Å². The molecule has 1 aromatic rings. The third-order valence-electron chi connectivity index (χ3n) is 3.85. The molecule has 3 heteroatoms. The second-order valence-electron chi connectivity index (χ2n) is 6.27. The Morgan fingerprint density at radius 1 is 1.29 bits per heavy atom. The van der Waals surface area contributed by atoms with Crippen LogP contribution in [0.2, 0.25) is 0 Å². The lowest BCUT2D eigenvalue weighted by molar-refractivity contribution is -0.608. The molecule has 0 spiro atoms. The third kappa shape index (κ3) is 2.88. The molecule has 0 atom stereocenters. The second-order valence-corrected chi connectivity index (χ2v) is 7.29. The van der Waals surface area contributed by atoms with Gasteiger partial charge in [-0.3, -0.25) is 0 Å². The molecule has 0 fully saturated rings. The van der Waals surface area contributed by atoms with Gasteiger partial charge in [0.25, 0.3) is 0 Å². The van der Waals surface area contributed by atoms with Gasteiger partial charge in [-0.2, -0.15) is 4.73 Å². The molecule has 0 aliphatic heterocycles. The fourth-order valence-electron chi connectivity index (χ4n) is 2.98. The van der Waals surface area contributed by atoms with E-state index in [1.807, 2.05) is 12.1 Å². The van der Waals surface area contributed by atoms with Crippen LogP contribution in [0, 0.1) is 10.6 Å². The lowest BCUT2D eigenvalue weighted by Gasteiger charge is -2.29. The Morgan fingerprint density at radius 3 is 2.86 bits per heavy atom. The molecule has 2 aliphatic carbocycles. The maximum absolute atomic E-state index is 12.2. The van der Waals surface area contributed by atoms with Crippen LogP contribution in [0.4, 0.5) is 0 Å². The Morgan fingerprint density at radius 2 is 2.10 bits per heavy atom. The zero-order chi connectivity index (χ0) is 15.0. The van der Waals surface area contributed by atoms with Gasteiger partial charge in [0.15, 0.2) is 6.20 Å². The SMILES string of the molecule is CC1(C)C=C(c2cccc[n+]2[O-])C2=C(C=CCC(Br)=C2)C1. The van der Waals surface area contributed by atoms with Crippen LogP contribution in [0.1, 0.15) is 32.4 Å². The van der Waals surface area contributed by atoms with Crippen LogP contribution in [-0.4, -0.2) is 0 Å². The third-order valence-corrected chi connectivity index (χ3v) is 4.40. The first-order valence-electron chi connectivity index (χ1n) is 7.14. The molecule has 21 heavy (non-hydrogen) atoms. The van der Waals surface area contributed by atoms with Crippen molar-refractivity contribution in [3.05, 3.63) is 75.2 Å². The average Bonchev–Trinajstić information content (AvgIpc) is 2.59. The van der Waals surface area contributed by atoms with E-state index in [2.05, 4.69) is 54.1 Å². The highest BCUT2D eigenvalue weighted by Crippen LogP contribution is 2.43. The molecular formula is C18H18BrNO. The summed E-state index contributed by atoms with van der Waals surface area (Å²) in [6.07, 6.45) is 12.2. The van der Waals surface area contributed by atoms with Gasteiger partial charge in [0.1, 0.15) is 0 Å². The predicted octanol–water partition coefficient (Wildman–Crippen LogP) is 4.67. The molecule has 0 radical (unpaired) electrons. The summed E-state index contributed by atoms with van der Waals surface area (Å²) in [4.78, 5) is 0. The summed E-state index contributed by atoms with van der Waals surface area (Å²) in [5, 5.41) is 12.2. The Kier molecular flexibility index (Phi) is 3.62. The summed E-state index contributed by atoms with van der Waals surface area (Å²) in [5.41, 5.74) is 4.25. The fraction of sp³-hybridized carbons (Fsp3) is 0.278. The van der Waals surface area contributed by atoms with Crippen LogP contribution in [0.3, 0.4) is 0 Å². The van der Waals surface area contributed by atoms with E-state index in [4.69, 9.17) is 0 Å². The standard InChI is InChI=1S/C18H18BrNO/c1-18(2)11-13-6-5-7-14(19)10-15(13)16(12-18)17-8-3-4-9-20(17)21/h3-6,8-10,12H,7,11H2,1-2H3. The van der Waals surface area contributed by atoms with Crippen LogP contribution in [0.5, 0.6) is 0 Å². The average molecular weight is 344 g/mol. The quantitative estimate of drug-likeness (QED) is 0.537. The minimum atomic E-state index is 0.0476. The number of hydrogen-bond acceptors (Lipinski definition) is 1. The molecule has 2 nitrogen and oxygen atoms in total. The van der Waals surface area contributed by atoms with Gasteiger partial charge in [0.2, 0.25) is 5.69 Å². The zero-order valence-electron chi connectivity index (χ0n) is 12.3. The summed E-state index contributed by atoms with van der Waals surface area (Å²) >= 11 is 3.61. The van der Waals surface area contributed by atoms with Gasteiger partial charge in [0.05, 0.1) is 5.57 Å². The number of nitrogens with zero attached hydrogens (tertiary/aromatic N) is 1. The topological polar surface area (TPSA) is 26.9 Å². The predicted molar refractivity (Wildman–Crippen MR) is 89.6 cm³/mol. The van der Waals surface area contributed by atoms with Crippen LogP contribution >= 0.6 is 15.9 Å². The number of allylic oxidation sites excluding steroid dienone is 8. The normalized spacial score (nSPS) is 20.5. The Bertz CT molecular complexity index is 708. The highest BCUT2D eigenvalue weighted by atomic mass is 79.9. The van der Waals surface area contributed by atoms with Gasteiger partial charge in [-0.15, -0.1) is 0 Å². The van der Waals surface area contributed by atoms with Crippen molar-refractivity contribution in [2.24, 2.45) is 5.41 Å². The van der Waals surface area contributed by atoms with E-state index in [9.17, 15) is 5.21 Å². The van der Waals surface area contributed by atoms with Gasteiger partial charge in [0, 0.05) is 12.1 Å². The van der Waals surface area contributed by atoms with E-state index < -0.39 is 0 Å². The molecule has 0 aromatic carbocycles. The second kappa shape index (κ2) is 5.30. The number of halogens is 1. The zero-order valence-corrected chi connectivity index (χ0v) is 13.9. The number of rotatable bonds is 1. The van der Waals surface area contributed by atoms with Gasteiger partial charge in [-0.1, -0.05) is 48.0 Å². The van der Waals surface area contributed by atoms with Crippen LogP contribution < -0.4 is 4.73 Å². The molecule has 1 heterocycles. The summed E-state index contributed by atoms with van der Waals surface area (Å²) < 4.78 is 2.09. The number of aromatic nitrogens is 1. The molecule has 1 aromatic heterocycles. The smallest absolute Gasteiger partial charge is 0.224 e. The van der Waals surface area contributed by atoms with Crippen LogP contribution in [0.15, 0.2) is 64.3 Å². The van der Waals surface area contributed by atoms with E-state index in [-0.39, 0.29) is 5.41 Å². The van der Waals surface area contributed by atoms with Crippen molar-refractivity contribution < 1.29 is 4.73 Å². The minimum Gasteiger partial charge on any atom is -0.618 e. The van der Waals surface area contributed by atoms with Crippen LogP contribution in [0.25, 0.3) is 5.57 Å². The summed E-state index contributed by atoms with van der Waals surface area (Å²) in [6.45, 7) is 4.43. The lowest BCUT2D eigenvalue weighted by atomic mass is 9.75.